The normalized spacial score (nSPS) is 22.8. The molecule has 24 heavy (non-hydrogen) atoms. The highest BCUT2D eigenvalue weighted by Gasteiger charge is 2.29. The maximum Gasteiger partial charge on any atom is 0.322 e. The molecule has 5 nitrogen and oxygen atoms in total. The van der Waals surface area contributed by atoms with Crippen LogP contribution in [0.3, 0.4) is 0 Å². The third-order valence-corrected chi connectivity index (χ3v) is 5.10. The number of nitrogens with one attached hydrogen (secondary N) is 1. The summed E-state index contributed by atoms with van der Waals surface area (Å²) in [6, 6.07) is 7.80. The van der Waals surface area contributed by atoms with Crippen molar-refractivity contribution in [1.29, 1.82) is 0 Å². The number of morpholine rings is 1. The van der Waals surface area contributed by atoms with Gasteiger partial charge in [0.25, 0.3) is 0 Å². The van der Waals surface area contributed by atoms with E-state index in [1.807, 2.05) is 35.4 Å². The summed E-state index contributed by atoms with van der Waals surface area (Å²) in [6.07, 6.45) is 0.857. The minimum Gasteiger partial charge on any atom is -0.493 e. The predicted octanol–water partition coefficient (Wildman–Crippen LogP) is 3.68. The van der Waals surface area contributed by atoms with Crippen molar-refractivity contribution in [3.63, 3.8) is 0 Å². The predicted molar refractivity (Wildman–Crippen MR) is 93.8 cm³/mol. The van der Waals surface area contributed by atoms with Crippen LogP contribution in [0.25, 0.3) is 0 Å². The van der Waals surface area contributed by atoms with Crippen molar-refractivity contribution in [3.8, 4) is 5.75 Å². The summed E-state index contributed by atoms with van der Waals surface area (Å²) in [4.78, 5) is 14.5. The molecule has 4 rings (SSSR count). The van der Waals surface area contributed by atoms with Crippen LogP contribution in [0.15, 0.2) is 35.0 Å². The lowest BCUT2D eigenvalue weighted by Crippen LogP contribution is -2.47. The molecule has 3 heterocycles. The molecule has 2 aromatic rings. The molecule has 6 heteroatoms. The van der Waals surface area contributed by atoms with E-state index in [0.29, 0.717) is 13.1 Å². The molecule has 0 unspecified atom stereocenters. The topological polar surface area (TPSA) is 50.8 Å². The maximum absolute atomic E-state index is 12.7. The van der Waals surface area contributed by atoms with Gasteiger partial charge in [-0.25, -0.2) is 4.79 Å². The Labute approximate surface area is 145 Å². The van der Waals surface area contributed by atoms with Crippen LogP contribution in [0.1, 0.15) is 24.2 Å². The van der Waals surface area contributed by atoms with Crippen LogP contribution in [-0.4, -0.2) is 36.7 Å². The van der Waals surface area contributed by atoms with Crippen LogP contribution in [0, 0.1) is 0 Å². The minimum atomic E-state index is -0.0794. The van der Waals surface area contributed by atoms with Crippen LogP contribution in [0.4, 0.5) is 10.5 Å². The van der Waals surface area contributed by atoms with E-state index >= 15 is 0 Å². The van der Waals surface area contributed by atoms with Crippen LogP contribution in [0.5, 0.6) is 5.75 Å². The maximum atomic E-state index is 12.7. The number of hydrogen-bond donors (Lipinski definition) is 1. The van der Waals surface area contributed by atoms with Crippen LogP contribution < -0.4 is 10.1 Å². The molecule has 2 amide bonds. The SMILES string of the molecule is C[C@H]1CN(C(=O)Nc2ccc3c(c2)CCO3)C[C@H](c2ccsc2)O1. The van der Waals surface area contributed by atoms with Gasteiger partial charge in [0.2, 0.25) is 0 Å². The molecule has 2 aliphatic heterocycles. The Bertz CT molecular complexity index is 732. The lowest BCUT2D eigenvalue weighted by Gasteiger charge is -2.36. The zero-order valence-electron chi connectivity index (χ0n) is 13.5. The van der Waals surface area contributed by atoms with E-state index in [9.17, 15) is 4.79 Å². The highest BCUT2D eigenvalue weighted by Crippen LogP contribution is 2.29. The van der Waals surface area contributed by atoms with Crippen molar-refractivity contribution >= 4 is 23.1 Å². The van der Waals surface area contributed by atoms with Gasteiger partial charge in [-0.2, -0.15) is 11.3 Å². The van der Waals surface area contributed by atoms with Crippen molar-refractivity contribution in [1.82, 2.24) is 4.90 Å². The van der Waals surface area contributed by atoms with Gasteiger partial charge in [-0.15, -0.1) is 0 Å². The first-order valence-electron chi connectivity index (χ1n) is 8.18. The zero-order valence-corrected chi connectivity index (χ0v) is 14.3. The number of amides is 2. The standard InChI is InChI=1S/C18H20N2O3S/c1-12-9-20(10-17(23-12)14-5-7-24-11-14)18(21)19-15-2-3-16-13(8-15)4-6-22-16/h2-3,5,7-8,11-12,17H,4,6,9-10H2,1H3,(H,19,21)/t12-,17+/m0/s1. The fraction of sp³-hybridized carbons (Fsp3) is 0.389. The number of thiophene rings is 1. The number of urea groups is 1. The average Bonchev–Trinajstić information content (AvgIpc) is 3.25. The number of anilines is 1. The van der Waals surface area contributed by atoms with Crippen molar-refractivity contribution in [3.05, 3.63) is 46.2 Å². The highest BCUT2D eigenvalue weighted by molar-refractivity contribution is 7.07. The molecule has 2 atom stereocenters. The first kappa shape index (κ1) is 15.5. The average molecular weight is 344 g/mol. The monoisotopic (exact) mass is 344 g/mol. The molecular weight excluding hydrogens is 324 g/mol. The highest BCUT2D eigenvalue weighted by atomic mass is 32.1. The third-order valence-electron chi connectivity index (χ3n) is 4.40. The van der Waals surface area contributed by atoms with Gasteiger partial charge in [-0.05, 0) is 53.1 Å². The quantitative estimate of drug-likeness (QED) is 0.904. The summed E-state index contributed by atoms with van der Waals surface area (Å²) >= 11 is 1.65. The van der Waals surface area contributed by atoms with Gasteiger partial charge in [0, 0.05) is 18.7 Å². The molecule has 1 fully saturated rings. The number of nitrogens with zero attached hydrogens (tertiary/aromatic N) is 1. The first-order valence-corrected chi connectivity index (χ1v) is 9.12. The van der Waals surface area contributed by atoms with Gasteiger partial charge >= 0.3 is 6.03 Å². The van der Waals surface area contributed by atoms with E-state index in [4.69, 9.17) is 9.47 Å². The van der Waals surface area contributed by atoms with Gasteiger partial charge in [0.05, 0.1) is 19.3 Å². The van der Waals surface area contributed by atoms with Crippen LogP contribution in [-0.2, 0) is 11.2 Å². The second kappa shape index (κ2) is 6.45. The second-order valence-electron chi connectivity index (χ2n) is 6.25. The van der Waals surface area contributed by atoms with Crippen LogP contribution >= 0.6 is 11.3 Å². The number of ether oxygens (including phenoxy) is 2. The molecular formula is C18H20N2O3S. The number of carbonyl (C=O) groups is 1. The molecule has 0 radical (unpaired) electrons. The largest absolute Gasteiger partial charge is 0.493 e. The van der Waals surface area contributed by atoms with Crippen LogP contribution in [0.2, 0.25) is 0 Å². The molecule has 2 aliphatic rings. The Morgan fingerprint density at radius 3 is 3.08 bits per heavy atom. The summed E-state index contributed by atoms with van der Waals surface area (Å²) in [5, 5.41) is 7.13. The summed E-state index contributed by atoms with van der Waals surface area (Å²) in [6.45, 7) is 3.89. The summed E-state index contributed by atoms with van der Waals surface area (Å²) in [7, 11) is 0. The van der Waals surface area contributed by atoms with E-state index in [-0.39, 0.29) is 18.2 Å². The van der Waals surface area contributed by atoms with Crippen molar-refractivity contribution in [2.45, 2.75) is 25.6 Å². The summed E-state index contributed by atoms with van der Waals surface area (Å²) in [5.41, 5.74) is 3.11. The molecule has 1 N–H and O–H groups in total. The molecule has 0 aliphatic carbocycles. The van der Waals surface area contributed by atoms with E-state index in [0.717, 1.165) is 35.6 Å². The molecule has 0 saturated carbocycles. The molecule has 126 valence electrons. The second-order valence-corrected chi connectivity index (χ2v) is 7.03. The van der Waals surface area contributed by atoms with E-state index in [2.05, 4.69) is 16.8 Å². The number of rotatable bonds is 2. The third kappa shape index (κ3) is 3.12. The summed E-state index contributed by atoms with van der Waals surface area (Å²) < 4.78 is 11.5. The number of fused-ring (bicyclic) bond motifs is 1. The van der Waals surface area contributed by atoms with Gasteiger partial charge in [-0.1, -0.05) is 0 Å². The van der Waals surface area contributed by atoms with Gasteiger partial charge in [0.15, 0.2) is 0 Å². The lowest BCUT2D eigenvalue weighted by molar-refractivity contribution is -0.0640. The first-order chi connectivity index (χ1) is 11.7. The van der Waals surface area contributed by atoms with Crippen molar-refractivity contribution in [2.75, 3.05) is 25.0 Å². The number of hydrogen-bond acceptors (Lipinski definition) is 4. The summed E-state index contributed by atoms with van der Waals surface area (Å²) in [5.74, 6) is 0.922. The molecule has 1 saturated heterocycles. The number of carbonyl (C=O) groups excluding carboxylic acids is 1. The smallest absolute Gasteiger partial charge is 0.322 e. The Kier molecular flexibility index (Phi) is 4.16. The van der Waals surface area contributed by atoms with E-state index < -0.39 is 0 Å². The van der Waals surface area contributed by atoms with E-state index in [1.54, 1.807) is 11.3 Å². The molecule has 0 bridgehead atoms. The molecule has 0 spiro atoms. The van der Waals surface area contributed by atoms with Gasteiger partial charge in [0.1, 0.15) is 11.9 Å². The van der Waals surface area contributed by atoms with Gasteiger partial charge < -0.3 is 19.7 Å². The Morgan fingerprint density at radius 1 is 1.33 bits per heavy atom. The Hall–Kier alpha value is -2.05. The molecule has 1 aromatic carbocycles. The lowest BCUT2D eigenvalue weighted by atomic mass is 10.1. The Morgan fingerprint density at radius 2 is 2.25 bits per heavy atom. The molecule has 1 aromatic heterocycles. The van der Waals surface area contributed by atoms with Gasteiger partial charge in [-0.3, -0.25) is 0 Å². The Balaban J connectivity index is 1.45. The van der Waals surface area contributed by atoms with Crippen molar-refractivity contribution < 1.29 is 14.3 Å². The van der Waals surface area contributed by atoms with E-state index in [1.165, 1.54) is 0 Å². The zero-order chi connectivity index (χ0) is 16.5. The number of benzene rings is 1. The minimum absolute atomic E-state index is 0.0165. The fourth-order valence-corrected chi connectivity index (χ4v) is 3.93. The van der Waals surface area contributed by atoms with Crippen molar-refractivity contribution in [2.24, 2.45) is 0 Å². The fourth-order valence-electron chi connectivity index (χ4n) is 3.23.